The van der Waals surface area contributed by atoms with E-state index in [1.165, 1.54) is 0 Å². The number of amides is 3. The number of likely N-dealkylation sites (tertiary alicyclic amines) is 1. The summed E-state index contributed by atoms with van der Waals surface area (Å²) in [6.07, 6.45) is 1.70. The highest BCUT2D eigenvalue weighted by Gasteiger charge is 2.41. The molecule has 0 unspecified atom stereocenters. The number of fused-ring (bicyclic) bond motifs is 1. The van der Waals surface area contributed by atoms with Gasteiger partial charge in [0.1, 0.15) is 17.3 Å². The molecule has 4 N–H and O–H groups in total. The van der Waals surface area contributed by atoms with Gasteiger partial charge in [0.25, 0.3) is 0 Å². The van der Waals surface area contributed by atoms with Gasteiger partial charge in [0.15, 0.2) is 0 Å². The molecule has 0 saturated carbocycles. The third-order valence-electron chi connectivity index (χ3n) is 8.25. The maximum atomic E-state index is 13.6. The fraction of sp³-hybridized carbons (Fsp3) is 0.500. The van der Waals surface area contributed by atoms with Crippen LogP contribution in [0.3, 0.4) is 0 Å². The van der Waals surface area contributed by atoms with E-state index in [0.717, 1.165) is 47.4 Å². The molecule has 12 nitrogen and oxygen atoms in total. The molecule has 3 aromatic rings. The first-order valence-electron chi connectivity index (χ1n) is 14.6. The summed E-state index contributed by atoms with van der Waals surface area (Å²) in [5, 5.41) is 14.4. The molecule has 3 amide bonds. The summed E-state index contributed by atoms with van der Waals surface area (Å²) in [6.45, 7) is 3.58. The van der Waals surface area contributed by atoms with E-state index in [4.69, 9.17) is 10.5 Å². The summed E-state index contributed by atoms with van der Waals surface area (Å²) >= 11 is 0. The van der Waals surface area contributed by atoms with Crippen LogP contribution >= 0.6 is 0 Å². The third-order valence-corrected chi connectivity index (χ3v) is 8.25. The summed E-state index contributed by atoms with van der Waals surface area (Å²) in [5.74, 6) is 0.363. The summed E-state index contributed by atoms with van der Waals surface area (Å²) < 4.78 is 6.97. The van der Waals surface area contributed by atoms with Crippen LogP contribution in [0.4, 0.5) is 0 Å². The normalized spacial score (nSPS) is 19.6. The van der Waals surface area contributed by atoms with Gasteiger partial charge < -0.3 is 30.9 Å². The number of carbonyl (C=O) groups excluding carboxylic acids is 3. The highest BCUT2D eigenvalue weighted by Crippen LogP contribution is 2.28. The second-order valence-electron chi connectivity index (χ2n) is 11.2. The standard InChI is InChI=1S/C30H40N8O4/c1-36-26-9-5-21(16-25(26)34-35-36)18-33-29(40)27-17-22(15-20-3-6-23(42-2)7-4-20)19-38(27)30(41)24(31)8-10-28(39)37-13-11-32-12-14-37/h3-7,9,16,22,24,27,32H,8,10-15,17-19,31H2,1-2H3,(H,33,40)/t22-,24-,27+/m1/s1. The zero-order valence-corrected chi connectivity index (χ0v) is 24.3. The molecule has 5 rings (SSSR count). The number of nitrogens with one attached hydrogen (secondary N) is 2. The number of nitrogens with two attached hydrogens (primary N) is 1. The second-order valence-corrected chi connectivity index (χ2v) is 11.2. The number of piperazine rings is 1. The quantitative estimate of drug-likeness (QED) is 0.318. The molecule has 2 aliphatic heterocycles. The lowest BCUT2D eigenvalue weighted by molar-refractivity contribution is -0.140. The molecule has 1 aromatic heterocycles. The predicted octanol–water partition coefficient (Wildman–Crippen LogP) is 0.592. The first-order valence-corrected chi connectivity index (χ1v) is 14.6. The first-order chi connectivity index (χ1) is 20.3. The van der Waals surface area contributed by atoms with Gasteiger partial charge in [-0.05, 0) is 60.6 Å². The number of rotatable bonds is 10. The minimum absolute atomic E-state index is 0.00734. The van der Waals surface area contributed by atoms with Crippen LogP contribution in [0, 0.1) is 5.92 Å². The number of aromatic nitrogens is 3. The highest BCUT2D eigenvalue weighted by atomic mass is 16.5. The molecule has 2 saturated heterocycles. The zero-order chi connectivity index (χ0) is 29.6. The monoisotopic (exact) mass is 576 g/mol. The van der Waals surface area contributed by atoms with E-state index in [-0.39, 0.29) is 36.5 Å². The van der Waals surface area contributed by atoms with Crippen LogP contribution in [0.15, 0.2) is 42.5 Å². The Morgan fingerprint density at radius 3 is 2.60 bits per heavy atom. The Labute approximate surface area is 245 Å². The van der Waals surface area contributed by atoms with Crippen molar-refractivity contribution in [2.24, 2.45) is 18.7 Å². The van der Waals surface area contributed by atoms with E-state index in [0.29, 0.717) is 32.6 Å². The predicted molar refractivity (Wildman–Crippen MR) is 157 cm³/mol. The molecule has 0 aliphatic carbocycles. The van der Waals surface area contributed by atoms with Gasteiger partial charge in [0.05, 0.1) is 18.7 Å². The molecule has 12 heteroatoms. The maximum absolute atomic E-state index is 13.6. The molecule has 0 bridgehead atoms. The van der Waals surface area contributed by atoms with E-state index in [9.17, 15) is 14.4 Å². The lowest BCUT2D eigenvalue weighted by Crippen LogP contribution is -2.51. The van der Waals surface area contributed by atoms with Crippen molar-refractivity contribution in [1.29, 1.82) is 0 Å². The largest absolute Gasteiger partial charge is 0.497 e. The van der Waals surface area contributed by atoms with Gasteiger partial charge in [-0.15, -0.1) is 5.10 Å². The number of carbonyl (C=O) groups is 3. The van der Waals surface area contributed by atoms with Crippen LogP contribution in [0.25, 0.3) is 11.0 Å². The Morgan fingerprint density at radius 1 is 1.12 bits per heavy atom. The van der Waals surface area contributed by atoms with Gasteiger partial charge in [0, 0.05) is 52.7 Å². The van der Waals surface area contributed by atoms with Crippen molar-refractivity contribution in [3.8, 4) is 5.75 Å². The van der Waals surface area contributed by atoms with Crippen molar-refractivity contribution in [1.82, 2.24) is 35.4 Å². The minimum atomic E-state index is -0.856. The van der Waals surface area contributed by atoms with Crippen molar-refractivity contribution in [3.05, 3.63) is 53.6 Å². The van der Waals surface area contributed by atoms with Crippen molar-refractivity contribution < 1.29 is 19.1 Å². The topological polar surface area (TPSA) is 148 Å². The zero-order valence-electron chi connectivity index (χ0n) is 24.3. The van der Waals surface area contributed by atoms with E-state index in [1.54, 1.807) is 16.7 Å². The Hall–Kier alpha value is -4.03. The fourth-order valence-corrected chi connectivity index (χ4v) is 5.85. The summed E-state index contributed by atoms with van der Waals surface area (Å²) in [7, 11) is 3.46. The highest BCUT2D eigenvalue weighted by molar-refractivity contribution is 5.91. The molecule has 3 atom stereocenters. The molecule has 0 radical (unpaired) electrons. The molecule has 3 heterocycles. The number of benzene rings is 2. The van der Waals surface area contributed by atoms with Gasteiger partial charge in [-0.25, -0.2) is 4.68 Å². The van der Waals surface area contributed by atoms with E-state index in [2.05, 4.69) is 20.9 Å². The molecule has 0 spiro atoms. The Kier molecular flexibility index (Phi) is 9.33. The van der Waals surface area contributed by atoms with E-state index in [1.807, 2.05) is 54.4 Å². The molecule has 2 aromatic carbocycles. The van der Waals surface area contributed by atoms with Crippen molar-refractivity contribution in [3.63, 3.8) is 0 Å². The summed E-state index contributed by atoms with van der Waals surface area (Å²) in [4.78, 5) is 43.2. The SMILES string of the molecule is COc1ccc(C[C@@H]2C[C@@H](C(=O)NCc3ccc4c(c3)nnn4C)N(C(=O)[C@H](N)CCC(=O)N3CCNCC3)C2)cc1. The van der Waals surface area contributed by atoms with Crippen molar-refractivity contribution in [2.45, 2.75) is 44.3 Å². The first kappa shape index (κ1) is 29.5. The minimum Gasteiger partial charge on any atom is -0.497 e. The molecule has 42 heavy (non-hydrogen) atoms. The number of nitrogens with zero attached hydrogens (tertiary/aromatic N) is 5. The van der Waals surface area contributed by atoms with Gasteiger partial charge in [-0.1, -0.05) is 23.4 Å². The van der Waals surface area contributed by atoms with Crippen LogP contribution in [-0.4, -0.2) is 94.4 Å². The number of aryl methyl sites for hydroxylation is 1. The van der Waals surface area contributed by atoms with Gasteiger partial charge in [0.2, 0.25) is 17.7 Å². The Morgan fingerprint density at radius 2 is 1.86 bits per heavy atom. The number of hydrogen-bond acceptors (Lipinski definition) is 8. The van der Waals surface area contributed by atoms with Gasteiger partial charge >= 0.3 is 0 Å². The van der Waals surface area contributed by atoms with Crippen molar-refractivity contribution >= 4 is 28.8 Å². The molecular formula is C30H40N8O4. The lowest BCUT2D eigenvalue weighted by atomic mass is 9.96. The second kappa shape index (κ2) is 13.3. The summed E-state index contributed by atoms with van der Waals surface area (Å²) in [5.41, 5.74) is 10.0. The maximum Gasteiger partial charge on any atom is 0.243 e. The molecule has 2 aliphatic rings. The van der Waals surface area contributed by atoms with Crippen molar-refractivity contribution in [2.75, 3.05) is 39.8 Å². The van der Waals surface area contributed by atoms with Crippen LogP contribution in [0.5, 0.6) is 5.75 Å². The fourth-order valence-electron chi connectivity index (χ4n) is 5.85. The molecule has 224 valence electrons. The molecular weight excluding hydrogens is 536 g/mol. The van der Waals surface area contributed by atoms with Gasteiger partial charge in [-0.2, -0.15) is 0 Å². The average molecular weight is 577 g/mol. The molecule has 2 fully saturated rings. The van der Waals surface area contributed by atoms with E-state index < -0.39 is 12.1 Å². The van der Waals surface area contributed by atoms with Crippen LogP contribution in [-0.2, 0) is 34.4 Å². The third kappa shape index (κ3) is 6.88. The number of methoxy groups -OCH3 is 1. The van der Waals surface area contributed by atoms with Crippen LogP contribution in [0.1, 0.15) is 30.4 Å². The Bertz CT molecular complexity index is 1400. The van der Waals surface area contributed by atoms with Crippen LogP contribution < -0.4 is 21.1 Å². The number of ether oxygens (including phenoxy) is 1. The van der Waals surface area contributed by atoms with Crippen LogP contribution in [0.2, 0.25) is 0 Å². The Balaban J connectivity index is 1.24. The van der Waals surface area contributed by atoms with E-state index >= 15 is 0 Å². The smallest absolute Gasteiger partial charge is 0.243 e. The summed E-state index contributed by atoms with van der Waals surface area (Å²) in [6, 6.07) is 12.1. The lowest BCUT2D eigenvalue weighted by Gasteiger charge is -2.29. The number of hydrogen-bond donors (Lipinski definition) is 3. The average Bonchev–Trinajstić information content (AvgIpc) is 3.62. The van der Waals surface area contributed by atoms with Gasteiger partial charge in [-0.3, -0.25) is 14.4 Å².